The summed E-state index contributed by atoms with van der Waals surface area (Å²) in [4.78, 5) is 0. The minimum absolute atomic E-state index is 0.0283. The molecule has 0 radical (unpaired) electrons. The quantitative estimate of drug-likeness (QED) is 0.679. The first kappa shape index (κ1) is 16.7. The molecule has 1 N–H and O–H groups in total. The van der Waals surface area contributed by atoms with Gasteiger partial charge in [0.05, 0.1) is 6.04 Å². The molecular weight excluding hydrogens is 397 g/mol. The van der Waals surface area contributed by atoms with Gasteiger partial charge in [-0.15, -0.1) is 0 Å². The SMILES string of the molecule is CCNC(c1ccc(F)c(C)c1)c1cc(Br)c(C)cc1Br. The molecule has 0 aliphatic rings. The van der Waals surface area contributed by atoms with E-state index in [0.29, 0.717) is 5.56 Å². The highest BCUT2D eigenvalue weighted by Crippen LogP contribution is 2.33. The summed E-state index contributed by atoms with van der Waals surface area (Å²) in [7, 11) is 0. The van der Waals surface area contributed by atoms with Gasteiger partial charge in [0, 0.05) is 8.95 Å². The second-order valence-electron chi connectivity index (χ2n) is 5.12. The monoisotopic (exact) mass is 413 g/mol. The van der Waals surface area contributed by atoms with Crippen molar-refractivity contribution in [3.63, 3.8) is 0 Å². The molecule has 2 aromatic rings. The third-order valence-electron chi connectivity index (χ3n) is 3.51. The Balaban J connectivity index is 2.52. The molecule has 0 saturated heterocycles. The fraction of sp³-hybridized carbons (Fsp3) is 0.294. The fourth-order valence-corrected chi connectivity index (χ4v) is 3.39. The minimum atomic E-state index is -0.168. The van der Waals surface area contributed by atoms with Gasteiger partial charge in [0.25, 0.3) is 0 Å². The van der Waals surface area contributed by atoms with Crippen molar-refractivity contribution in [2.24, 2.45) is 0 Å². The molecule has 0 aromatic heterocycles. The van der Waals surface area contributed by atoms with Crippen molar-refractivity contribution in [1.29, 1.82) is 0 Å². The second-order valence-corrected chi connectivity index (χ2v) is 6.83. The Morgan fingerprint density at radius 1 is 1.05 bits per heavy atom. The predicted molar refractivity (Wildman–Crippen MR) is 93.2 cm³/mol. The van der Waals surface area contributed by atoms with Crippen LogP contribution in [0.4, 0.5) is 4.39 Å². The van der Waals surface area contributed by atoms with E-state index in [4.69, 9.17) is 0 Å². The third kappa shape index (κ3) is 3.74. The molecule has 0 bridgehead atoms. The van der Waals surface area contributed by atoms with E-state index in [2.05, 4.69) is 63.2 Å². The van der Waals surface area contributed by atoms with E-state index in [1.807, 2.05) is 12.1 Å². The zero-order chi connectivity index (χ0) is 15.6. The fourth-order valence-electron chi connectivity index (χ4n) is 2.34. The zero-order valence-corrected chi connectivity index (χ0v) is 15.5. The van der Waals surface area contributed by atoms with Crippen molar-refractivity contribution in [2.45, 2.75) is 26.8 Å². The van der Waals surface area contributed by atoms with Crippen LogP contribution in [0.25, 0.3) is 0 Å². The lowest BCUT2D eigenvalue weighted by atomic mass is 9.96. The average molecular weight is 415 g/mol. The van der Waals surface area contributed by atoms with Gasteiger partial charge in [-0.05, 0) is 60.8 Å². The molecule has 2 aromatic carbocycles. The van der Waals surface area contributed by atoms with Gasteiger partial charge < -0.3 is 5.32 Å². The Hall–Kier alpha value is -0.710. The van der Waals surface area contributed by atoms with Crippen LogP contribution in [-0.2, 0) is 0 Å². The molecule has 112 valence electrons. The Morgan fingerprint density at radius 3 is 2.38 bits per heavy atom. The van der Waals surface area contributed by atoms with Gasteiger partial charge in [-0.25, -0.2) is 4.39 Å². The van der Waals surface area contributed by atoms with E-state index in [1.165, 1.54) is 11.6 Å². The first-order valence-electron chi connectivity index (χ1n) is 6.89. The molecule has 0 aliphatic heterocycles. The molecule has 0 fully saturated rings. The molecule has 0 aliphatic carbocycles. The van der Waals surface area contributed by atoms with Gasteiger partial charge in [-0.1, -0.05) is 50.9 Å². The number of rotatable bonds is 4. The van der Waals surface area contributed by atoms with Crippen molar-refractivity contribution < 1.29 is 4.39 Å². The van der Waals surface area contributed by atoms with Crippen LogP contribution in [0.15, 0.2) is 39.3 Å². The number of aryl methyl sites for hydroxylation is 2. The molecule has 0 spiro atoms. The number of nitrogens with one attached hydrogen (secondary N) is 1. The molecule has 0 saturated carbocycles. The van der Waals surface area contributed by atoms with Gasteiger partial charge in [-0.2, -0.15) is 0 Å². The Bertz CT molecular complexity index is 655. The van der Waals surface area contributed by atoms with Crippen LogP contribution in [0.1, 0.15) is 35.2 Å². The molecule has 2 rings (SSSR count). The van der Waals surface area contributed by atoms with Gasteiger partial charge in [0.1, 0.15) is 5.82 Å². The third-order valence-corrected chi connectivity index (χ3v) is 5.05. The maximum absolute atomic E-state index is 13.5. The van der Waals surface area contributed by atoms with E-state index >= 15 is 0 Å². The Labute approximate surface area is 142 Å². The highest BCUT2D eigenvalue weighted by Gasteiger charge is 2.18. The molecule has 1 unspecified atom stereocenters. The first-order valence-corrected chi connectivity index (χ1v) is 8.47. The van der Waals surface area contributed by atoms with E-state index < -0.39 is 0 Å². The standard InChI is InChI=1S/C17H18Br2FN/c1-4-21-17(12-5-6-16(20)11(3)7-12)13-9-14(18)10(2)8-15(13)19/h5-9,17,21H,4H2,1-3H3. The molecule has 0 heterocycles. The molecule has 1 atom stereocenters. The lowest BCUT2D eigenvalue weighted by Gasteiger charge is -2.22. The summed E-state index contributed by atoms with van der Waals surface area (Å²) >= 11 is 7.24. The number of benzene rings is 2. The second kappa shape index (κ2) is 7.03. The van der Waals surface area contributed by atoms with Crippen LogP contribution in [0.5, 0.6) is 0 Å². The Kier molecular flexibility index (Phi) is 5.58. The molecule has 21 heavy (non-hydrogen) atoms. The van der Waals surface area contributed by atoms with E-state index in [0.717, 1.165) is 26.6 Å². The topological polar surface area (TPSA) is 12.0 Å². The highest BCUT2D eigenvalue weighted by atomic mass is 79.9. The highest BCUT2D eigenvalue weighted by molar-refractivity contribution is 9.11. The maximum Gasteiger partial charge on any atom is 0.126 e. The van der Waals surface area contributed by atoms with E-state index in [1.54, 1.807) is 6.92 Å². The molecule has 1 nitrogen and oxygen atoms in total. The van der Waals surface area contributed by atoms with Gasteiger partial charge in [0.2, 0.25) is 0 Å². The number of halogens is 3. The zero-order valence-electron chi connectivity index (χ0n) is 12.3. The van der Waals surface area contributed by atoms with Crippen molar-refractivity contribution in [3.8, 4) is 0 Å². The van der Waals surface area contributed by atoms with E-state index in [9.17, 15) is 4.39 Å². The summed E-state index contributed by atoms with van der Waals surface area (Å²) < 4.78 is 15.6. The summed E-state index contributed by atoms with van der Waals surface area (Å²) in [6, 6.07) is 9.52. The van der Waals surface area contributed by atoms with Crippen molar-refractivity contribution in [3.05, 3.63) is 67.3 Å². The van der Waals surface area contributed by atoms with Crippen LogP contribution in [0.3, 0.4) is 0 Å². The summed E-state index contributed by atoms with van der Waals surface area (Å²) in [5.41, 5.74) is 4.04. The largest absolute Gasteiger partial charge is 0.306 e. The summed E-state index contributed by atoms with van der Waals surface area (Å²) in [5, 5.41) is 3.48. The van der Waals surface area contributed by atoms with Gasteiger partial charge in [0.15, 0.2) is 0 Å². The average Bonchev–Trinajstić information content (AvgIpc) is 2.44. The Morgan fingerprint density at radius 2 is 1.76 bits per heavy atom. The van der Waals surface area contributed by atoms with Crippen molar-refractivity contribution in [1.82, 2.24) is 5.32 Å². The van der Waals surface area contributed by atoms with Crippen LogP contribution in [0, 0.1) is 19.7 Å². The summed E-state index contributed by atoms with van der Waals surface area (Å²) in [6.07, 6.45) is 0. The van der Waals surface area contributed by atoms with Crippen LogP contribution < -0.4 is 5.32 Å². The smallest absolute Gasteiger partial charge is 0.126 e. The lowest BCUT2D eigenvalue weighted by Crippen LogP contribution is -2.22. The lowest BCUT2D eigenvalue weighted by molar-refractivity contribution is 0.605. The summed E-state index contributed by atoms with van der Waals surface area (Å²) in [5.74, 6) is -0.168. The summed E-state index contributed by atoms with van der Waals surface area (Å²) in [6.45, 7) is 6.75. The molecular formula is C17H18Br2FN. The van der Waals surface area contributed by atoms with Crippen molar-refractivity contribution >= 4 is 31.9 Å². The first-order chi connectivity index (χ1) is 9.93. The predicted octanol–water partition coefficient (Wildman–Crippen LogP) is 5.67. The van der Waals surface area contributed by atoms with Gasteiger partial charge >= 0.3 is 0 Å². The van der Waals surface area contributed by atoms with Crippen molar-refractivity contribution in [2.75, 3.05) is 6.54 Å². The van der Waals surface area contributed by atoms with Gasteiger partial charge in [-0.3, -0.25) is 0 Å². The van der Waals surface area contributed by atoms with Crippen LogP contribution in [0.2, 0.25) is 0 Å². The molecule has 4 heteroatoms. The van der Waals surface area contributed by atoms with Crippen LogP contribution in [-0.4, -0.2) is 6.54 Å². The van der Waals surface area contributed by atoms with Crippen LogP contribution >= 0.6 is 31.9 Å². The minimum Gasteiger partial charge on any atom is -0.306 e. The number of hydrogen-bond acceptors (Lipinski definition) is 1. The van der Waals surface area contributed by atoms with E-state index in [-0.39, 0.29) is 11.9 Å². The normalized spacial score (nSPS) is 12.5. The molecule has 0 amide bonds. The maximum atomic E-state index is 13.5. The number of hydrogen-bond donors (Lipinski definition) is 1.